The van der Waals surface area contributed by atoms with Crippen LogP contribution in [0.4, 0.5) is 0 Å². The Kier molecular flexibility index (Phi) is 12.2. The maximum atomic E-state index is 14.1. The number of ether oxygens (including phenoxy) is 1. The molecule has 1 aromatic heterocycles. The average Bonchev–Trinajstić information content (AvgIpc) is 3.02. The van der Waals surface area contributed by atoms with Crippen molar-refractivity contribution in [3.8, 4) is 11.3 Å². The SMILES string of the molecule is CCN(CC)CCN(CCN(CC)CC)Cc1c(-c2ccccc2)nc2ccccc2c1C(=O)OC1CCCCC1. The van der Waals surface area contributed by atoms with Crippen molar-refractivity contribution in [2.24, 2.45) is 0 Å². The lowest BCUT2D eigenvalue weighted by Gasteiger charge is -2.30. The van der Waals surface area contributed by atoms with Crippen molar-refractivity contribution in [1.82, 2.24) is 19.7 Å². The molecule has 0 radical (unpaired) electrons. The van der Waals surface area contributed by atoms with Crippen LogP contribution in [0.15, 0.2) is 54.6 Å². The monoisotopic (exact) mass is 558 g/mol. The third-order valence-electron chi connectivity index (χ3n) is 8.71. The molecule has 0 aliphatic heterocycles. The molecule has 0 bridgehead atoms. The van der Waals surface area contributed by atoms with Gasteiger partial charge >= 0.3 is 5.97 Å². The van der Waals surface area contributed by atoms with E-state index >= 15 is 0 Å². The lowest BCUT2D eigenvalue weighted by Crippen LogP contribution is -2.40. The molecular formula is C35H50N4O2. The summed E-state index contributed by atoms with van der Waals surface area (Å²) in [6, 6.07) is 18.4. The van der Waals surface area contributed by atoms with Crippen LogP contribution in [0.1, 0.15) is 75.7 Å². The van der Waals surface area contributed by atoms with E-state index in [4.69, 9.17) is 9.72 Å². The highest BCUT2D eigenvalue weighted by Crippen LogP contribution is 2.33. The number of rotatable bonds is 15. The maximum Gasteiger partial charge on any atom is 0.339 e. The zero-order valence-electron chi connectivity index (χ0n) is 25.8. The van der Waals surface area contributed by atoms with Gasteiger partial charge < -0.3 is 14.5 Å². The molecule has 0 atom stereocenters. The van der Waals surface area contributed by atoms with E-state index in [1.807, 2.05) is 30.3 Å². The number of fused-ring (bicyclic) bond motifs is 1. The zero-order valence-corrected chi connectivity index (χ0v) is 25.8. The van der Waals surface area contributed by atoms with E-state index in [9.17, 15) is 4.79 Å². The molecule has 0 amide bonds. The second-order valence-electron chi connectivity index (χ2n) is 11.2. The van der Waals surface area contributed by atoms with E-state index in [0.717, 1.165) is 106 Å². The fourth-order valence-electron chi connectivity index (χ4n) is 6.01. The van der Waals surface area contributed by atoms with Gasteiger partial charge in [-0.1, -0.05) is 82.6 Å². The summed E-state index contributed by atoms with van der Waals surface area (Å²) in [4.78, 5) is 26.8. The molecule has 6 heteroatoms. The van der Waals surface area contributed by atoms with Gasteiger partial charge in [-0.2, -0.15) is 0 Å². The lowest BCUT2D eigenvalue weighted by atomic mass is 9.95. The van der Waals surface area contributed by atoms with E-state index in [2.05, 4.69) is 66.7 Å². The second-order valence-corrected chi connectivity index (χ2v) is 11.2. The molecule has 0 spiro atoms. The highest BCUT2D eigenvalue weighted by atomic mass is 16.5. The highest BCUT2D eigenvalue weighted by molar-refractivity contribution is 6.06. The number of nitrogens with zero attached hydrogens (tertiary/aromatic N) is 4. The molecule has 3 aromatic rings. The summed E-state index contributed by atoms with van der Waals surface area (Å²) in [5, 5.41) is 0.885. The van der Waals surface area contributed by atoms with Crippen molar-refractivity contribution in [2.75, 3.05) is 52.4 Å². The van der Waals surface area contributed by atoms with Gasteiger partial charge in [-0.15, -0.1) is 0 Å². The number of hydrogen-bond donors (Lipinski definition) is 0. The molecule has 0 saturated heterocycles. The first kappa shape index (κ1) is 31.1. The van der Waals surface area contributed by atoms with Crippen molar-refractivity contribution >= 4 is 16.9 Å². The summed E-state index contributed by atoms with van der Waals surface area (Å²) in [5.41, 5.74) is 4.43. The molecule has 1 aliphatic rings. The number of aromatic nitrogens is 1. The van der Waals surface area contributed by atoms with Crippen LogP contribution in [0.2, 0.25) is 0 Å². The molecule has 0 unspecified atom stereocenters. The maximum absolute atomic E-state index is 14.1. The van der Waals surface area contributed by atoms with Crippen LogP contribution in [0.5, 0.6) is 0 Å². The Morgan fingerprint density at radius 1 is 0.756 bits per heavy atom. The Hall–Kier alpha value is -2.80. The summed E-state index contributed by atoms with van der Waals surface area (Å²) in [5.74, 6) is -0.199. The number of likely N-dealkylation sites (N-methyl/N-ethyl adjacent to an activating group) is 2. The summed E-state index contributed by atoms with van der Waals surface area (Å²) in [6.07, 6.45) is 5.38. The zero-order chi connectivity index (χ0) is 29.0. The number of pyridine rings is 1. The molecule has 2 aromatic carbocycles. The third kappa shape index (κ3) is 8.37. The van der Waals surface area contributed by atoms with Gasteiger partial charge in [0.05, 0.1) is 16.8 Å². The Labute approximate surface area is 247 Å². The number of benzene rings is 2. The standard InChI is InChI=1S/C35H50N4O2/c1-5-37(6-2)23-25-39(26-24-38(7-3)8-4)27-31-33(35(40)41-29-19-13-10-14-20-29)30-21-15-16-22-32(30)36-34(31)28-17-11-9-12-18-28/h9,11-12,15-18,21-22,29H,5-8,10,13-14,19-20,23-27H2,1-4H3. The molecule has 1 aliphatic carbocycles. The molecular weight excluding hydrogens is 508 g/mol. The molecule has 1 heterocycles. The number of esters is 1. The van der Waals surface area contributed by atoms with Crippen LogP contribution in [0.25, 0.3) is 22.2 Å². The minimum Gasteiger partial charge on any atom is -0.459 e. The van der Waals surface area contributed by atoms with Gasteiger partial charge in [-0.25, -0.2) is 9.78 Å². The van der Waals surface area contributed by atoms with Gasteiger partial charge in [0.1, 0.15) is 6.10 Å². The Morgan fingerprint density at radius 3 is 1.93 bits per heavy atom. The van der Waals surface area contributed by atoms with E-state index < -0.39 is 0 Å². The van der Waals surface area contributed by atoms with Gasteiger partial charge in [0, 0.05) is 49.2 Å². The molecule has 222 valence electrons. The van der Waals surface area contributed by atoms with Crippen LogP contribution in [-0.4, -0.2) is 84.1 Å². The van der Waals surface area contributed by atoms with Crippen LogP contribution in [0.3, 0.4) is 0 Å². The fraction of sp³-hybridized carbons (Fsp3) is 0.543. The molecule has 4 rings (SSSR count). The first-order chi connectivity index (χ1) is 20.1. The van der Waals surface area contributed by atoms with E-state index in [-0.39, 0.29) is 12.1 Å². The van der Waals surface area contributed by atoms with E-state index in [0.29, 0.717) is 12.1 Å². The summed E-state index contributed by atoms with van der Waals surface area (Å²) in [6.45, 7) is 17.5. The average molecular weight is 559 g/mol. The lowest BCUT2D eigenvalue weighted by molar-refractivity contribution is 0.0211. The Balaban J connectivity index is 1.79. The summed E-state index contributed by atoms with van der Waals surface area (Å²) in [7, 11) is 0. The quantitative estimate of drug-likeness (QED) is 0.190. The topological polar surface area (TPSA) is 48.9 Å². The first-order valence-electron chi connectivity index (χ1n) is 15.9. The van der Waals surface area contributed by atoms with Gasteiger partial charge in [0.25, 0.3) is 0 Å². The van der Waals surface area contributed by atoms with Crippen molar-refractivity contribution in [3.05, 3.63) is 65.7 Å². The number of carbonyl (C=O) groups is 1. The summed E-state index contributed by atoms with van der Waals surface area (Å²) < 4.78 is 6.26. The van der Waals surface area contributed by atoms with Crippen LogP contribution in [0, 0.1) is 0 Å². The molecule has 6 nitrogen and oxygen atoms in total. The predicted molar refractivity (Wildman–Crippen MR) is 170 cm³/mol. The Bertz CT molecular complexity index is 1200. The molecule has 0 N–H and O–H groups in total. The smallest absolute Gasteiger partial charge is 0.339 e. The van der Waals surface area contributed by atoms with Gasteiger partial charge in [-0.05, 0) is 57.9 Å². The Morgan fingerprint density at radius 2 is 1.32 bits per heavy atom. The van der Waals surface area contributed by atoms with E-state index in [1.54, 1.807) is 0 Å². The predicted octanol–water partition coefficient (Wildman–Crippen LogP) is 6.88. The van der Waals surface area contributed by atoms with Crippen molar-refractivity contribution in [1.29, 1.82) is 0 Å². The normalized spacial score (nSPS) is 14.4. The first-order valence-corrected chi connectivity index (χ1v) is 15.9. The van der Waals surface area contributed by atoms with E-state index in [1.165, 1.54) is 6.42 Å². The molecule has 1 fully saturated rings. The third-order valence-corrected chi connectivity index (χ3v) is 8.71. The number of carbonyl (C=O) groups excluding carboxylic acids is 1. The minimum absolute atomic E-state index is 0.00219. The van der Waals surface area contributed by atoms with Gasteiger partial charge in [-0.3, -0.25) is 4.90 Å². The largest absolute Gasteiger partial charge is 0.459 e. The van der Waals surface area contributed by atoms with Crippen molar-refractivity contribution in [3.63, 3.8) is 0 Å². The van der Waals surface area contributed by atoms with Crippen LogP contribution < -0.4 is 0 Å². The highest BCUT2D eigenvalue weighted by Gasteiger charge is 2.27. The van der Waals surface area contributed by atoms with Crippen LogP contribution in [-0.2, 0) is 11.3 Å². The number of hydrogen-bond acceptors (Lipinski definition) is 6. The van der Waals surface area contributed by atoms with Crippen molar-refractivity contribution < 1.29 is 9.53 Å². The van der Waals surface area contributed by atoms with Crippen LogP contribution >= 0.6 is 0 Å². The molecule has 1 saturated carbocycles. The van der Waals surface area contributed by atoms with Gasteiger partial charge in [0.2, 0.25) is 0 Å². The van der Waals surface area contributed by atoms with Crippen molar-refractivity contribution in [2.45, 2.75) is 72.4 Å². The minimum atomic E-state index is -0.199. The van der Waals surface area contributed by atoms with Gasteiger partial charge in [0.15, 0.2) is 0 Å². The fourth-order valence-corrected chi connectivity index (χ4v) is 6.01. The second kappa shape index (κ2) is 16.0. The summed E-state index contributed by atoms with van der Waals surface area (Å²) >= 11 is 0. The number of para-hydroxylation sites is 1. The molecule has 41 heavy (non-hydrogen) atoms.